The molecule has 37 heavy (non-hydrogen) atoms. The number of methoxy groups -OCH3 is 1. The molecule has 0 bridgehead atoms. The number of carbonyl (C=O) groups is 2. The molecule has 1 atom stereocenters. The van der Waals surface area contributed by atoms with E-state index in [0.717, 1.165) is 0 Å². The van der Waals surface area contributed by atoms with Crippen LogP contribution in [0, 0.1) is 0 Å². The Morgan fingerprint density at radius 1 is 1.41 bits per heavy atom. The van der Waals surface area contributed by atoms with Crippen LogP contribution in [0.5, 0.6) is 5.75 Å². The number of benzene rings is 1. The molecule has 1 aromatic carbocycles. The largest absolute Gasteiger partial charge is 0.495 e. The van der Waals surface area contributed by atoms with Crippen molar-refractivity contribution in [2.75, 3.05) is 42.4 Å². The van der Waals surface area contributed by atoms with Gasteiger partial charge in [-0.1, -0.05) is 18.7 Å². The molecule has 0 fully saturated rings. The molecule has 2 N–H and O–H groups in total. The van der Waals surface area contributed by atoms with Gasteiger partial charge in [0.25, 0.3) is 0 Å². The fourth-order valence-corrected chi connectivity index (χ4v) is 4.64. The van der Waals surface area contributed by atoms with Gasteiger partial charge in [-0.2, -0.15) is 10.1 Å². The summed E-state index contributed by atoms with van der Waals surface area (Å²) in [6.45, 7) is 4.26. The van der Waals surface area contributed by atoms with E-state index < -0.39 is 12.0 Å². The van der Waals surface area contributed by atoms with Crippen LogP contribution < -0.4 is 19.9 Å². The van der Waals surface area contributed by atoms with Crippen molar-refractivity contribution in [2.24, 2.45) is 0 Å². The topological polar surface area (TPSA) is 129 Å². The second-order valence-corrected chi connectivity index (χ2v) is 8.56. The highest BCUT2D eigenvalue weighted by atomic mass is 16.5. The van der Waals surface area contributed by atoms with Gasteiger partial charge in [0.05, 0.1) is 51.8 Å². The van der Waals surface area contributed by atoms with E-state index in [1.54, 1.807) is 48.5 Å². The number of ether oxygens (including phenoxy) is 1. The van der Waals surface area contributed by atoms with Crippen molar-refractivity contribution >= 4 is 35.1 Å². The molecule has 4 heterocycles. The first-order valence-electron chi connectivity index (χ1n) is 12.2. The summed E-state index contributed by atoms with van der Waals surface area (Å²) in [5.41, 5.74) is 2.26. The number of aromatic nitrogens is 4. The average molecular weight is 506 g/mol. The van der Waals surface area contributed by atoms with Crippen LogP contribution >= 0.6 is 0 Å². The Kier molecular flexibility index (Phi) is 6.15. The number of hydrogen-bond donors (Lipinski definition) is 2. The highest BCUT2D eigenvalue weighted by molar-refractivity contribution is 6.03. The monoisotopic (exact) mass is 505 g/mol. The van der Waals surface area contributed by atoms with Crippen molar-refractivity contribution in [3.63, 3.8) is 0 Å². The Balaban J connectivity index is 1.48. The van der Waals surface area contributed by atoms with E-state index in [9.17, 15) is 11.0 Å². The SMILES string of the molecule is [2H]C1(N2Cc3cnc(Nc4cnn(CCO)c4)nc3N(C)C2=O)CCN(C(=O)C=C)c2c(OC)cccc21. The molecular formula is C25H28N8O4. The molecule has 0 radical (unpaired) electrons. The molecule has 0 aliphatic carbocycles. The van der Waals surface area contributed by atoms with E-state index in [4.69, 9.17) is 9.84 Å². The molecular weight excluding hydrogens is 476 g/mol. The number of hydrogen-bond acceptors (Lipinski definition) is 8. The Bertz CT molecular complexity index is 1410. The van der Waals surface area contributed by atoms with Gasteiger partial charge in [-0.25, -0.2) is 9.78 Å². The zero-order valence-electron chi connectivity index (χ0n) is 21.6. The number of carbonyl (C=O) groups excluding carboxylic acids is 2. The Hall–Kier alpha value is -4.45. The summed E-state index contributed by atoms with van der Waals surface area (Å²) >= 11 is 0. The molecule has 2 aromatic heterocycles. The van der Waals surface area contributed by atoms with Crippen molar-refractivity contribution in [2.45, 2.75) is 25.5 Å². The first kappa shape index (κ1) is 23.0. The minimum atomic E-state index is -1.47. The third kappa shape index (κ3) is 4.35. The number of aliphatic hydroxyl groups excluding tert-OH is 1. The standard InChI is InChI=1S/C25H28N8O4/c1-4-21(35)32-9-8-19(18-6-5-7-20(37-3)22(18)32)33-14-16-12-26-24(29-23(16)30(2)25(33)36)28-17-13-27-31(15-17)10-11-34/h4-7,12-13,15,19,34H,1,8-11,14H2,2-3H3,(H,26,28,29)/i19D. The third-order valence-corrected chi connectivity index (χ3v) is 6.36. The van der Waals surface area contributed by atoms with E-state index in [0.29, 0.717) is 40.6 Å². The number of aliphatic hydroxyl groups is 1. The Morgan fingerprint density at radius 3 is 3.00 bits per heavy atom. The third-order valence-electron chi connectivity index (χ3n) is 6.36. The summed E-state index contributed by atoms with van der Waals surface area (Å²) in [5.74, 6) is 0.849. The zero-order chi connectivity index (χ0) is 27.0. The summed E-state index contributed by atoms with van der Waals surface area (Å²) in [6.07, 6.45) is 6.36. The van der Waals surface area contributed by atoms with Crippen LogP contribution in [0.25, 0.3) is 0 Å². The van der Waals surface area contributed by atoms with Crippen LogP contribution in [0.3, 0.4) is 0 Å². The molecule has 12 heteroatoms. The van der Waals surface area contributed by atoms with Gasteiger partial charge in [-0.15, -0.1) is 0 Å². The second kappa shape index (κ2) is 9.90. The Labute approximate surface area is 215 Å². The van der Waals surface area contributed by atoms with Crippen LogP contribution in [-0.4, -0.2) is 69.0 Å². The molecule has 5 rings (SSSR count). The van der Waals surface area contributed by atoms with Crippen molar-refractivity contribution in [1.29, 1.82) is 0 Å². The van der Waals surface area contributed by atoms with Crippen molar-refractivity contribution < 1.29 is 20.8 Å². The lowest BCUT2D eigenvalue weighted by Gasteiger charge is -2.43. The molecule has 1 unspecified atom stereocenters. The summed E-state index contributed by atoms with van der Waals surface area (Å²) < 4.78 is 16.6. The lowest BCUT2D eigenvalue weighted by molar-refractivity contribution is -0.114. The van der Waals surface area contributed by atoms with Crippen molar-refractivity contribution in [1.82, 2.24) is 24.6 Å². The van der Waals surface area contributed by atoms with E-state index >= 15 is 0 Å². The smallest absolute Gasteiger partial charge is 0.326 e. The van der Waals surface area contributed by atoms with Crippen LogP contribution in [-0.2, 0) is 17.9 Å². The molecule has 0 saturated carbocycles. The summed E-state index contributed by atoms with van der Waals surface area (Å²) in [7, 11) is 3.11. The molecule has 2 aliphatic heterocycles. The quantitative estimate of drug-likeness (QED) is 0.469. The molecule has 0 saturated heterocycles. The van der Waals surface area contributed by atoms with E-state index in [2.05, 4.69) is 27.0 Å². The number of urea groups is 1. The predicted molar refractivity (Wildman–Crippen MR) is 137 cm³/mol. The zero-order valence-corrected chi connectivity index (χ0v) is 20.6. The minimum absolute atomic E-state index is 0.0305. The highest BCUT2D eigenvalue weighted by Gasteiger charge is 2.39. The molecule has 12 nitrogen and oxygen atoms in total. The molecule has 3 amide bonds. The van der Waals surface area contributed by atoms with Gasteiger partial charge in [0.2, 0.25) is 11.9 Å². The van der Waals surface area contributed by atoms with Crippen LogP contribution in [0.1, 0.15) is 24.9 Å². The average Bonchev–Trinajstić information content (AvgIpc) is 3.37. The fourth-order valence-electron chi connectivity index (χ4n) is 4.64. The summed E-state index contributed by atoms with van der Waals surface area (Å²) in [5, 5.41) is 16.3. The number of rotatable bonds is 7. The minimum Gasteiger partial charge on any atom is -0.495 e. The number of amides is 3. The van der Waals surface area contributed by atoms with E-state index in [-0.39, 0.29) is 38.0 Å². The predicted octanol–water partition coefficient (Wildman–Crippen LogP) is 2.45. The maximum Gasteiger partial charge on any atom is 0.326 e. The van der Waals surface area contributed by atoms with Gasteiger partial charge >= 0.3 is 6.03 Å². The van der Waals surface area contributed by atoms with Gasteiger partial charge in [0, 0.05) is 37.1 Å². The van der Waals surface area contributed by atoms with Crippen LogP contribution in [0.15, 0.2) is 49.4 Å². The fraction of sp³-hybridized carbons (Fsp3) is 0.320. The van der Waals surface area contributed by atoms with Crippen LogP contribution in [0.4, 0.5) is 27.9 Å². The first-order valence-corrected chi connectivity index (χ1v) is 11.7. The Morgan fingerprint density at radius 2 is 2.24 bits per heavy atom. The van der Waals surface area contributed by atoms with Gasteiger partial charge < -0.3 is 25.0 Å². The highest BCUT2D eigenvalue weighted by Crippen LogP contribution is 2.45. The van der Waals surface area contributed by atoms with E-state index in [1.807, 2.05) is 0 Å². The maximum atomic E-state index is 13.7. The molecule has 192 valence electrons. The normalized spacial score (nSPS) is 19.2. The number of anilines is 4. The van der Waals surface area contributed by atoms with Crippen molar-refractivity contribution in [3.8, 4) is 5.75 Å². The van der Waals surface area contributed by atoms with Crippen LogP contribution in [0.2, 0.25) is 0 Å². The van der Waals surface area contributed by atoms with Crippen molar-refractivity contribution in [3.05, 3.63) is 60.6 Å². The number of nitrogens with zero attached hydrogens (tertiary/aromatic N) is 7. The van der Waals surface area contributed by atoms with E-state index in [1.165, 1.54) is 27.9 Å². The van der Waals surface area contributed by atoms with Gasteiger partial charge in [0.15, 0.2) is 0 Å². The lowest BCUT2D eigenvalue weighted by Crippen LogP contribution is -2.49. The number of para-hydroxylation sites is 1. The molecule has 3 aromatic rings. The summed E-state index contributed by atoms with van der Waals surface area (Å²) in [4.78, 5) is 39.6. The van der Waals surface area contributed by atoms with Gasteiger partial charge in [0.1, 0.15) is 11.6 Å². The summed E-state index contributed by atoms with van der Waals surface area (Å²) in [6, 6.07) is 3.35. The number of fused-ring (bicyclic) bond motifs is 2. The first-order chi connectivity index (χ1) is 18.3. The molecule has 0 spiro atoms. The number of nitrogens with one attached hydrogen (secondary N) is 1. The van der Waals surface area contributed by atoms with Gasteiger partial charge in [-0.05, 0) is 18.6 Å². The maximum absolute atomic E-state index is 13.7. The molecule has 2 aliphatic rings. The lowest BCUT2D eigenvalue weighted by atomic mass is 9.93. The van der Waals surface area contributed by atoms with Gasteiger partial charge in [-0.3, -0.25) is 14.4 Å². The second-order valence-electron chi connectivity index (χ2n) is 8.56.